The van der Waals surface area contributed by atoms with E-state index in [-0.39, 0.29) is 11.9 Å². The highest BCUT2D eigenvalue weighted by Crippen LogP contribution is 2.32. The number of hydrogen-bond donors (Lipinski definition) is 2. The third-order valence-corrected chi connectivity index (χ3v) is 3.94. The van der Waals surface area contributed by atoms with Crippen LogP contribution < -0.4 is 20.3 Å². The van der Waals surface area contributed by atoms with Crippen LogP contribution in [-0.2, 0) is 0 Å². The fourth-order valence-corrected chi connectivity index (χ4v) is 2.86. The largest absolute Gasteiger partial charge is 0.484 e. The van der Waals surface area contributed by atoms with Crippen molar-refractivity contribution >= 4 is 5.69 Å². The standard InChI is InChI=1S/C15H22FN3O/c16-13-4-1-5-14(19-9-7-17-8-10-19)15(13)20-12-3-2-6-18-11-12/h1,4-5,12,17-18H,2-3,6-11H2. The van der Waals surface area contributed by atoms with E-state index in [9.17, 15) is 4.39 Å². The Kier molecular flexibility index (Phi) is 4.38. The molecule has 1 unspecified atom stereocenters. The number of para-hydroxylation sites is 1. The first kappa shape index (κ1) is 13.6. The van der Waals surface area contributed by atoms with Crippen LogP contribution in [0.15, 0.2) is 18.2 Å². The van der Waals surface area contributed by atoms with Gasteiger partial charge in [-0.25, -0.2) is 4.39 Å². The van der Waals surface area contributed by atoms with Gasteiger partial charge in [-0.3, -0.25) is 0 Å². The maximum absolute atomic E-state index is 14.2. The fraction of sp³-hybridized carbons (Fsp3) is 0.600. The van der Waals surface area contributed by atoms with Crippen molar-refractivity contribution in [3.05, 3.63) is 24.0 Å². The zero-order chi connectivity index (χ0) is 13.8. The molecule has 4 nitrogen and oxygen atoms in total. The molecule has 3 rings (SSSR count). The summed E-state index contributed by atoms with van der Waals surface area (Å²) in [5.41, 5.74) is 0.886. The zero-order valence-corrected chi connectivity index (χ0v) is 11.7. The summed E-state index contributed by atoms with van der Waals surface area (Å²) in [6.07, 6.45) is 2.15. The molecule has 0 amide bonds. The Bertz CT molecular complexity index is 443. The number of benzene rings is 1. The van der Waals surface area contributed by atoms with Crippen molar-refractivity contribution < 1.29 is 9.13 Å². The Morgan fingerprint density at radius 2 is 2.00 bits per heavy atom. The minimum Gasteiger partial charge on any atom is -0.484 e. The Hall–Kier alpha value is -1.33. The lowest BCUT2D eigenvalue weighted by molar-refractivity contribution is 0.161. The Labute approximate surface area is 119 Å². The van der Waals surface area contributed by atoms with Crippen molar-refractivity contribution in [3.8, 4) is 5.75 Å². The third kappa shape index (κ3) is 3.04. The van der Waals surface area contributed by atoms with Crippen LogP contribution in [-0.4, -0.2) is 45.4 Å². The molecular formula is C15H22FN3O. The van der Waals surface area contributed by atoms with Gasteiger partial charge in [-0.05, 0) is 31.5 Å². The predicted molar refractivity (Wildman–Crippen MR) is 78.0 cm³/mol. The Morgan fingerprint density at radius 3 is 2.75 bits per heavy atom. The summed E-state index contributed by atoms with van der Waals surface area (Å²) in [6.45, 7) is 5.48. The average molecular weight is 279 g/mol. The van der Waals surface area contributed by atoms with E-state index in [0.717, 1.165) is 57.8 Å². The van der Waals surface area contributed by atoms with E-state index in [1.165, 1.54) is 6.07 Å². The summed E-state index contributed by atoms with van der Waals surface area (Å²) in [5, 5.41) is 6.62. The van der Waals surface area contributed by atoms with Gasteiger partial charge in [0.1, 0.15) is 6.10 Å². The summed E-state index contributed by atoms with van der Waals surface area (Å²) in [5.74, 6) is 0.162. The first-order valence-corrected chi connectivity index (χ1v) is 7.46. The Balaban J connectivity index is 1.80. The summed E-state index contributed by atoms with van der Waals surface area (Å²) in [4.78, 5) is 2.20. The van der Waals surface area contributed by atoms with Crippen LogP contribution in [0.1, 0.15) is 12.8 Å². The molecule has 2 aliphatic heterocycles. The maximum Gasteiger partial charge on any atom is 0.178 e. The van der Waals surface area contributed by atoms with Crippen LogP contribution in [0.4, 0.5) is 10.1 Å². The van der Waals surface area contributed by atoms with Crippen LogP contribution in [0.25, 0.3) is 0 Å². The molecule has 1 aromatic carbocycles. The van der Waals surface area contributed by atoms with Crippen molar-refractivity contribution in [2.45, 2.75) is 18.9 Å². The highest BCUT2D eigenvalue weighted by molar-refractivity contribution is 5.59. The SMILES string of the molecule is Fc1cccc(N2CCNCC2)c1OC1CCCNC1. The summed E-state index contributed by atoms with van der Waals surface area (Å²) >= 11 is 0. The monoisotopic (exact) mass is 279 g/mol. The minimum atomic E-state index is -0.258. The Morgan fingerprint density at radius 1 is 1.15 bits per heavy atom. The predicted octanol–water partition coefficient (Wildman–Crippen LogP) is 1.37. The van der Waals surface area contributed by atoms with Gasteiger partial charge in [0, 0.05) is 32.7 Å². The number of piperazine rings is 1. The normalized spacial score (nSPS) is 23.6. The van der Waals surface area contributed by atoms with Gasteiger partial charge in [-0.15, -0.1) is 0 Å². The van der Waals surface area contributed by atoms with Gasteiger partial charge in [0.05, 0.1) is 5.69 Å². The molecule has 110 valence electrons. The lowest BCUT2D eigenvalue weighted by atomic mass is 10.1. The molecule has 2 aliphatic rings. The zero-order valence-electron chi connectivity index (χ0n) is 11.7. The molecule has 0 radical (unpaired) electrons. The molecule has 0 bridgehead atoms. The van der Waals surface area contributed by atoms with Crippen molar-refractivity contribution in [3.63, 3.8) is 0 Å². The molecule has 2 fully saturated rings. The van der Waals surface area contributed by atoms with E-state index in [1.54, 1.807) is 6.07 Å². The molecule has 1 aromatic rings. The fourth-order valence-electron chi connectivity index (χ4n) is 2.86. The van der Waals surface area contributed by atoms with Gasteiger partial charge in [0.25, 0.3) is 0 Å². The number of anilines is 1. The van der Waals surface area contributed by atoms with Gasteiger partial charge in [-0.2, -0.15) is 0 Å². The number of ether oxygens (including phenoxy) is 1. The van der Waals surface area contributed by atoms with Gasteiger partial charge in [0.15, 0.2) is 11.6 Å². The lowest BCUT2D eigenvalue weighted by Gasteiger charge is -2.32. The van der Waals surface area contributed by atoms with Crippen LogP contribution in [0, 0.1) is 5.82 Å². The lowest BCUT2D eigenvalue weighted by Crippen LogP contribution is -2.44. The summed E-state index contributed by atoms with van der Waals surface area (Å²) in [6, 6.07) is 5.20. The van der Waals surface area contributed by atoms with Gasteiger partial charge in [-0.1, -0.05) is 6.07 Å². The van der Waals surface area contributed by atoms with Crippen molar-refractivity contribution in [2.75, 3.05) is 44.2 Å². The number of rotatable bonds is 3. The second-order valence-corrected chi connectivity index (χ2v) is 5.41. The van der Waals surface area contributed by atoms with E-state index in [2.05, 4.69) is 15.5 Å². The molecule has 2 saturated heterocycles. The summed E-state index contributed by atoms with van der Waals surface area (Å²) < 4.78 is 20.1. The molecule has 1 atom stereocenters. The van der Waals surface area contributed by atoms with Crippen molar-refractivity contribution in [1.82, 2.24) is 10.6 Å². The molecule has 0 spiro atoms. The number of halogens is 1. The van der Waals surface area contributed by atoms with Crippen LogP contribution in [0.3, 0.4) is 0 Å². The number of hydrogen-bond acceptors (Lipinski definition) is 4. The molecule has 0 saturated carbocycles. The van der Waals surface area contributed by atoms with E-state index >= 15 is 0 Å². The van der Waals surface area contributed by atoms with Crippen LogP contribution in [0.5, 0.6) is 5.75 Å². The molecular weight excluding hydrogens is 257 g/mol. The van der Waals surface area contributed by atoms with Crippen molar-refractivity contribution in [2.24, 2.45) is 0 Å². The van der Waals surface area contributed by atoms with Crippen LogP contribution >= 0.6 is 0 Å². The van der Waals surface area contributed by atoms with Crippen LogP contribution in [0.2, 0.25) is 0 Å². The van der Waals surface area contributed by atoms with Gasteiger partial charge in [0.2, 0.25) is 0 Å². The van der Waals surface area contributed by atoms with E-state index in [4.69, 9.17) is 4.74 Å². The first-order chi connectivity index (χ1) is 9.84. The second kappa shape index (κ2) is 6.41. The first-order valence-electron chi connectivity index (χ1n) is 7.46. The number of piperidine rings is 1. The molecule has 0 aromatic heterocycles. The molecule has 2 N–H and O–H groups in total. The molecule has 0 aliphatic carbocycles. The number of nitrogens with zero attached hydrogens (tertiary/aromatic N) is 1. The summed E-state index contributed by atoms with van der Waals surface area (Å²) in [7, 11) is 0. The van der Waals surface area contributed by atoms with E-state index in [0.29, 0.717) is 5.75 Å². The average Bonchev–Trinajstić information content (AvgIpc) is 2.51. The quantitative estimate of drug-likeness (QED) is 0.876. The molecule has 5 heteroatoms. The number of nitrogens with one attached hydrogen (secondary N) is 2. The molecule has 20 heavy (non-hydrogen) atoms. The smallest absolute Gasteiger partial charge is 0.178 e. The second-order valence-electron chi connectivity index (χ2n) is 5.41. The minimum absolute atomic E-state index is 0.0716. The maximum atomic E-state index is 14.2. The van der Waals surface area contributed by atoms with Gasteiger partial charge < -0.3 is 20.3 Å². The molecule has 2 heterocycles. The highest BCUT2D eigenvalue weighted by Gasteiger charge is 2.22. The topological polar surface area (TPSA) is 36.5 Å². The van der Waals surface area contributed by atoms with E-state index in [1.807, 2.05) is 6.07 Å². The van der Waals surface area contributed by atoms with Gasteiger partial charge >= 0.3 is 0 Å². The highest BCUT2D eigenvalue weighted by atomic mass is 19.1. The van der Waals surface area contributed by atoms with E-state index < -0.39 is 0 Å². The third-order valence-electron chi connectivity index (χ3n) is 3.94. The van der Waals surface area contributed by atoms with Crippen molar-refractivity contribution in [1.29, 1.82) is 0 Å².